The maximum Gasteiger partial charge on any atom is 0.348 e. The second-order valence-electron chi connectivity index (χ2n) is 6.90. The van der Waals surface area contributed by atoms with Gasteiger partial charge in [0, 0.05) is 6.08 Å². The number of esters is 2. The van der Waals surface area contributed by atoms with Gasteiger partial charge in [-0.05, 0) is 51.8 Å². The first kappa shape index (κ1) is 22.4. The van der Waals surface area contributed by atoms with Crippen LogP contribution in [0.15, 0.2) is 36.4 Å². The van der Waals surface area contributed by atoms with E-state index in [2.05, 4.69) is 5.32 Å². The lowest BCUT2D eigenvalue weighted by Crippen LogP contribution is -2.16. The molecule has 0 saturated heterocycles. The third-order valence-corrected chi connectivity index (χ3v) is 4.87. The Balaban J connectivity index is 2.32. The maximum atomic E-state index is 12.6. The zero-order valence-electron chi connectivity index (χ0n) is 17.1. The highest BCUT2D eigenvalue weighted by Crippen LogP contribution is 2.34. The van der Waals surface area contributed by atoms with Gasteiger partial charge < -0.3 is 14.8 Å². The average molecular weight is 416 g/mol. The number of hydrogen-bond donors (Lipinski definition) is 1. The summed E-state index contributed by atoms with van der Waals surface area (Å²) in [4.78, 5) is 37.6. The molecule has 6 nitrogen and oxygen atoms in total. The molecule has 0 aliphatic rings. The van der Waals surface area contributed by atoms with Crippen LogP contribution in [0.25, 0.3) is 6.08 Å². The van der Waals surface area contributed by atoms with Crippen LogP contribution >= 0.6 is 11.3 Å². The van der Waals surface area contributed by atoms with E-state index in [1.165, 1.54) is 6.08 Å². The van der Waals surface area contributed by atoms with Crippen molar-refractivity contribution in [3.63, 3.8) is 0 Å². The molecule has 0 radical (unpaired) electrons. The number of carbonyl (C=O) groups is 3. The highest BCUT2D eigenvalue weighted by Gasteiger charge is 2.28. The Hall–Kier alpha value is -2.93. The minimum Gasteiger partial charge on any atom is -0.459 e. The van der Waals surface area contributed by atoms with Crippen LogP contribution in [0.2, 0.25) is 0 Å². The van der Waals surface area contributed by atoms with Gasteiger partial charge in [0.15, 0.2) is 0 Å². The van der Waals surface area contributed by atoms with Crippen LogP contribution in [0.3, 0.4) is 0 Å². The largest absolute Gasteiger partial charge is 0.459 e. The van der Waals surface area contributed by atoms with Crippen LogP contribution < -0.4 is 5.32 Å². The third kappa shape index (κ3) is 6.29. The van der Waals surface area contributed by atoms with Crippen LogP contribution in [0, 0.1) is 6.92 Å². The molecular weight excluding hydrogens is 390 g/mol. The summed E-state index contributed by atoms with van der Waals surface area (Å²) in [5.74, 6) is -1.56. The summed E-state index contributed by atoms with van der Waals surface area (Å²) >= 11 is 1.00. The van der Waals surface area contributed by atoms with Crippen molar-refractivity contribution in [3.8, 4) is 0 Å². The summed E-state index contributed by atoms with van der Waals surface area (Å²) in [5.41, 5.74) is 1.46. The van der Waals surface area contributed by atoms with E-state index < -0.39 is 17.8 Å². The number of amides is 1. The van der Waals surface area contributed by atoms with Crippen molar-refractivity contribution in [2.75, 3.05) is 5.32 Å². The lowest BCUT2D eigenvalue weighted by Gasteiger charge is -2.10. The molecule has 1 amide bonds. The minimum atomic E-state index is -0.598. The standard InChI is InChI=1S/C22H25NO5S/c1-13(2)27-21(25)18-15(5)19(22(26)28-14(3)4)29-20(18)23-17(24)12-11-16-9-7-6-8-10-16/h6-14H,1-5H3,(H,23,24)/b12-11+. The summed E-state index contributed by atoms with van der Waals surface area (Å²) in [7, 11) is 0. The molecule has 1 aromatic heterocycles. The lowest BCUT2D eigenvalue weighted by molar-refractivity contribution is -0.111. The summed E-state index contributed by atoms with van der Waals surface area (Å²) < 4.78 is 10.5. The second-order valence-corrected chi connectivity index (χ2v) is 7.92. The maximum absolute atomic E-state index is 12.6. The molecule has 1 heterocycles. The number of anilines is 1. The highest BCUT2D eigenvalue weighted by molar-refractivity contribution is 7.18. The van der Waals surface area contributed by atoms with Crippen LogP contribution in [-0.2, 0) is 14.3 Å². The smallest absolute Gasteiger partial charge is 0.348 e. The van der Waals surface area contributed by atoms with E-state index in [1.807, 2.05) is 30.3 Å². The monoisotopic (exact) mass is 415 g/mol. The minimum absolute atomic E-state index is 0.167. The van der Waals surface area contributed by atoms with E-state index >= 15 is 0 Å². The van der Waals surface area contributed by atoms with E-state index in [1.54, 1.807) is 40.7 Å². The van der Waals surface area contributed by atoms with Crippen molar-refractivity contribution in [3.05, 3.63) is 58.0 Å². The van der Waals surface area contributed by atoms with Crippen LogP contribution in [-0.4, -0.2) is 30.1 Å². The predicted octanol–water partition coefficient (Wildman–Crippen LogP) is 4.84. The van der Waals surface area contributed by atoms with Crippen molar-refractivity contribution in [2.45, 2.75) is 46.8 Å². The number of nitrogens with one attached hydrogen (secondary N) is 1. The molecule has 0 bridgehead atoms. The Bertz CT molecular complexity index is 913. The Labute approximate surface area is 174 Å². The summed E-state index contributed by atoms with van der Waals surface area (Å²) in [6.07, 6.45) is 2.39. The summed E-state index contributed by atoms with van der Waals surface area (Å²) in [6, 6.07) is 9.35. The van der Waals surface area contributed by atoms with E-state index in [-0.39, 0.29) is 27.6 Å². The van der Waals surface area contributed by atoms with Crippen molar-refractivity contribution >= 4 is 40.3 Å². The topological polar surface area (TPSA) is 81.7 Å². The van der Waals surface area contributed by atoms with Gasteiger partial charge in [-0.1, -0.05) is 30.3 Å². The number of hydrogen-bond acceptors (Lipinski definition) is 6. The molecule has 154 valence electrons. The quantitative estimate of drug-likeness (QED) is 0.517. The van der Waals surface area contributed by atoms with Gasteiger partial charge in [-0.25, -0.2) is 9.59 Å². The van der Waals surface area contributed by atoms with E-state index in [9.17, 15) is 14.4 Å². The number of thiophene rings is 1. The third-order valence-electron chi connectivity index (χ3n) is 3.69. The van der Waals surface area contributed by atoms with Crippen molar-refractivity contribution in [1.82, 2.24) is 0 Å². The molecule has 0 unspecified atom stereocenters. The van der Waals surface area contributed by atoms with Crippen LogP contribution in [0.1, 0.15) is 58.9 Å². The van der Waals surface area contributed by atoms with E-state index in [0.717, 1.165) is 16.9 Å². The van der Waals surface area contributed by atoms with Crippen LogP contribution in [0.4, 0.5) is 5.00 Å². The molecule has 0 atom stereocenters. The van der Waals surface area contributed by atoms with Gasteiger partial charge in [0.1, 0.15) is 9.88 Å². The Kier molecular flexibility index (Phi) is 7.73. The number of rotatable bonds is 7. The first-order chi connectivity index (χ1) is 13.7. The van der Waals surface area contributed by atoms with E-state index in [4.69, 9.17) is 9.47 Å². The SMILES string of the molecule is Cc1c(C(=O)OC(C)C)sc(NC(=O)/C=C/c2ccccc2)c1C(=O)OC(C)C. The van der Waals surface area contributed by atoms with E-state index in [0.29, 0.717) is 5.56 Å². The molecule has 2 rings (SSSR count). The molecule has 0 fully saturated rings. The molecule has 0 aliphatic carbocycles. The molecule has 0 spiro atoms. The zero-order valence-corrected chi connectivity index (χ0v) is 18.0. The van der Waals surface area contributed by atoms with Crippen molar-refractivity contribution in [2.24, 2.45) is 0 Å². The van der Waals surface area contributed by atoms with Gasteiger partial charge in [-0.2, -0.15) is 0 Å². The molecular formula is C22H25NO5S. The first-order valence-corrected chi connectivity index (χ1v) is 10.1. The van der Waals surface area contributed by atoms with Crippen molar-refractivity contribution in [1.29, 1.82) is 0 Å². The molecule has 29 heavy (non-hydrogen) atoms. The highest BCUT2D eigenvalue weighted by atomic mass is 32.1. The number of benzene rings is 1. The fourth-order valence-corrected chi connectivity index (χ4v) is 3.55. The fraction of sp³-hybridized carbons (Fsp3) is 0.318. The van der Waals surface area contributed by atoms with Gasteiger partial charge in [0.2, 0.25) is 5.91 Å². The van der Waals surface area contributed by atoms with Gasteiger partial charge >= 0.3 is 11.9 Å². The van der Waals surface area contributed by atoms with Gasteiger partial charge in [0.25, 0.3) is 0 Å². The molecule has 1 N–H and O–H groups in total. The Morgan fingerprint density at radius 3 is 2.14 bits per heavy atom. The molecule has 2 aromatic rings. The molecule has 1 aromatic carbocycles. The average Bonchev–Trinajstić information content (AvgIpc) is 2.96. The Morgan fingerprint density at radius 1 is 0.966 bits per heavy atom. The van der Waals surface area contributed by atoms with Gasteiger partial charge in [0.05, 0.1) is 17.8 Å². The first-order valence-electron chi connectivity index (χ1n) is 9.28. The second kappa shape index (κ2) is 10.0. The number of carbonyl (C=O) groups excluding carboxylic acids is 3. The summed E-state index contributed by atoms with van der Waals surface area (Å²) in [6.45, 7) is 8.58. The summed E-state index contributed by atoms with van der Waals surface area (Å²) in [5, 5.41) is 2.94. The fourth-order valence-electron chi connectivity index (χ4n) is 2.47. The normalized spacial score (nSPS) is 11.1. The molecule has 0 aliphatic heterocycles. The molecule has 7 heteroatoms. The lowest BCUT2D eigenvalue weighted by atomic mass is 10.1. The predicted molar refractivity (Wildman–Crippen MR) is 114 cm³/mol. The number of ether oxygens (including phenoxy) is 2. The van der Waals surface area contributed by atoms with Gasteiger partial charge in [-0.15, -0.1) is 11.3 Å². The van der Waals surface area contributed by atoms with Gasteiger partial charge in [-0.3, -0.25) is 4.79 Å². The molecule has 0 saturated carbocycles. The van der Waals surface area contributed by atoms with Crippen molar-refractivity contribution < 1.29 is 23.9 Å². The zero-order chi connectivity index (χ0) is 21.6. The Morgan fingerprint density at radius 2 is 1.55 bits per heavy atom. The van der Waals surface area contributed by atoms with Crippen LogP contribution in [0.5, 0.6) is 0 Å².